The van der Waals surface area contributed by atoms with E-state index in [4.69, 9.17) is 19.2 Å². The van der Waals surface area contributed by atoms with Crippen LogP contribution in [0.2, 0.25) is 0 Å². The van der Waals surface area contributed by atoms with E-state index in [0.717, 1.165) is 24.2 Å². The van der Waals surface area contributed by atoms with Crippen LogP contribution in [0.3, 0.4) is 0 Å². The van der Waals surface area contributed by atoms with Gasteiger partial charge in [-0.1, -0.05) is 42.5 Å². The van der Waals surface area contributed by atoms with E-state index in [-0.39, 0.29) is 17.0 Å². The van der Waals surface area contributed by atoms with Crippen molar-refractivity contribution in [1.82, 2.24) is 19.2 Å². The van der Waals surface area contributed by atoms with E-state index in [2.05, 4.69) is 4.90 Å². The van der Waals surface area contributed by atoms with Crippen molar-refractivity contribution in [3.05, 3.63) is 101 Å². The number of imidazole rings is 1. The van der Waals surface area contributed by atoms with Crippen LogP contribution in [-0.4, -0.2) is 82.5 Å². The molecule has 6 rings (SSSR count). The summed E-state index contributed by atoms with van der Waals surface area (Å²) in [6, 6.07) is 18.2. The molecule has 2 aromatic heterocycles. The Morgan fingerprint density at radius 1 is 1.00 bits per heavy atom. The summed E-state index contributed by atoms with van der Waals surface area (Å²) in [4.78, 5) is 35.8. The summed E-state index contributed by atoms with van der Waals surface area (Å²) in [6.45, 7) is 7.71. The lowest BCUT2D eigenvalue weighted by Crippen LogP contribution is -2.42. The Morgan fingerprint density at radius 2 is 1.77 bits per heavy atom. The molecule has 0 radical (unpaired) electrons. The van der Waals surface area contributed by atoms with E-state index < -0.39 is 17.7 Å². The number of hydrogen-bond acceptors (Lipinski definition) is 8. The lowest BCUT2D eigenvalue weighted by atomic mass is 9.96. The van der Waals surface area contributed by atoms with Crippen LogP contribution in [0.25, 0.3) is 11.4 Å². The number of amides is 1. The summed E-state index contributed by atoms with van der Waals surface area (Å²) in [5.41, 5.74) is 4.16. The number of rotatable bonds is 9. The maximum absolute atomic E-state index is 13.7. The van der Waals surface area contributed by atoms with Crippen molar-refractivity contribution in [2.75, 3.05) is 46.5 Å². The summed E-state index contributed by atoms with van der Waals surface area (Å²) in [5.74, 6) is -0.725. The van der Waals surface area contributed by atoms with Crippen LogP contribution >= 0.6 is 0 Å². The number of aryl methyl sites for hydroxylation is 2. The zero-order valence-electron chi connectivity index (χ0n) is 25.2. The molecule has 4 aromatic rings. The minimum absolute atomic E-state index is 0.00106. The third-order valence-corrected chi connectivity index (χ3v) is 8.35. The molecule has 2 aliphatic heterocycles. The summed E-state index contributed by atoms with van der Waals surface area (Å²) in [5, 5.41) is 11.8. The van der Waals surface area contributed by atoms with Crippen molar-refractivity contribution in [2.45, 2.75) is 26.5 Å². The zero-order chi connectivity index (χ0) is 30.8. The van der Waals surface area contributed by atoms with Crippen molar-refractivity contribution in [3.8, 4) is 11.5 Å². The van der Waals surface area contributed by atoms with Gasteiger partial charge < -0.3 is 28.6 Å². The highest BCUT2D eigenvalue weighted by Gasteiger charge is 2.46. The highest BCUT2D eigenvalue weighted by atomic mass is 16.5. The molecule has 10 heteroatoms. The van der Waals surface area contributed by atoms with Gasteiger partial charge in [0.15, 0.2) is 17.3 Å². The van der Waals surface area contributed by atoms with Crippen molar-refractivity contribution >= 4 is 23.1 Å². The number of ether oxygens (including phenoxy) is 3. The summed E-state index contributed by atoms with van der Waals surface area (Å²) >= 11 is 0. The van der Waals surface area contributed by atoms with Crippen molar-refractivity contribution in [2.24, 2.45) is 0 Å². The molecule has 1 N–H and O–H groups in total. The van der Waals surface area contributed by atoms with Crippen molar-refractivity contribution in [3.63, 3.8) is 0 Å². The smallest absolute Gasteiger partial charge is 0.295 e. The van der Waals surface area contributed by atoms with Gasteiger partial charge in [-0.3, -0.25) is 14.5 Å². The second kappa shape index (κ2) is 12.5. The Bertz CT molecular complexity index is 1720. The average molecular weight is 597 g/mol. The standard InChI is InChI=1S/C34H36N4O6/c1-22-8-7-13-37-23(2)29(35-33(22)37)31(39)28-30(38(34(41)32(28)40)15-14-36-16-18-43-19-17-36)25-11-12-26(27(20-25)42-3)44-21-24-9-5-4-6-10-24/h4-13,20,30,39H,14-19,21H2,1-3H3. The number of ketones is 1. The predicted octanol–water partition coefficient (Wildman–Crippen LogP) is 4.29. The number of aliphatic hydroxyl groups excluding tert-OH is 1. The Hall–Kier alpha value is -4.67. The normalized spacial score (nSPS) is 18.7. The number of aromatic nitrogens is 2. The molecule has 0 spiro atoms. The van der Waals surface area contributed by atoms with E-state index in [0.29, 0.717) is 61.3 Å². The molecular formula is C34H36N4O6. The second-order valence-electron chi connectivity index (χ2n) is 11.1. The van der Waals surface area contributed by atoms with E-state index >= 15 is 0 Å². The number of hydrogen-bond donors (Lipinski definition) is 1. The fourth-order valence-corrected chi connectivity index (χ4v) is 5.91. The van der Waals surface area contributed by atoms with Gasteiger partial charge in [0, 0.05) is 32.4 Å². The van der Waals surface area contributed by atoms with Gasteiger partial charge in [0.1, 0.15) is 17.9 Å². The van der Waals surface area contributed by atoms with Gasteiger partial charge in [-0.05, 0) is 48.7 Å². The van der Waals surface area contributed by atoms with Gasteiger partial charge in [-0.15, -0.1) is 0 Å². The fourth-order valence-electron chi connectivity index (χ4n) is 5.91. The first-order valence-corrected chi connectivity index (χ1v) is 14.7. The summed E-state index contributed by atoms with van der Waals surface area (Å²) in [7, 11) is 1.55. The Balaban J connectivity index is 1.41. The predicted molar refractivity (Wildman–Crippen MR) is 165 cm³/mol. The number of Topliss-reactive ketones (excluding diaryl/α,β-unsaturated/α-hetero) is 1. The quantitative estimate of drug-likeness (QED) is 0.173. The maximum atomic E-state index is 13.7. The minimum Gasteiger partial charge on any atom is -0.505 e. The SMILES string of the molecule is COc1cc(C2C(=C(O)c3nc4c(C)cccn4c3C)C(=O)C(=O)N2CCN2CCOCC2)ccc1OCc1ccccc1. The van der Waals surface area contributed by atoms with E-state index in [1.165, 1.54) is 0 Å². The number of likely N-dealkylation sites (tertiary alicyclic amines) is 1. The van der Waals surface area contributed by atoms with E-state index in [1.54, 1.807) is 24.1 Å². The molecule has 0 saturated carbocycles. The van der Waals surface area contributed by atoms with Gasteiger partial charge in [-0.25, -0.2) is 4.98 Å². The molecule has 44 heavy (non-hydrogen) atoms. The van der Waals surface area contributed by atoms with Crippen molar-refractivity contribution in [1.29, 1.82) is 0 Å². The molecule has 0 aliphatic carbocycles. The van der Waals surface area contributed by atoms with Gasteiger partial charge in [0.05, 0.1) is 37.6 Å². The summed E-state index contributed by atoms with van der Waals surface area (Å²) < 4.78 is 19.1. The van der Waals surface area contributed by atoms with Crippen LogP contribution in [0.15, 0.2) is 72.4 Å². The molecular weight excluding hydrogens is 560 g/mol. The molecule has 1 unspecified atom stereocenters. The minimum atomic E-state index is -0.849. The van der Waals surface area contributed by atoms with Gasteiger partial charge >= 0.3 is 0 Å². The molecule has 4 heterocycles. The molecule has 2 fully saturated rings. The number of aliphatic hydroxyl groups is 1. The zero-order valence-corrected chi connectivity index (χ0v) is 25.2. The van der Waals surface area contributed by atoms with Crippen LogP contribution < -0.4 is 9.47 Å². The number of benzene rings is 2. The first-order chi connectivity index (χ1) is 21.4. The molecule has 2 aromatic carbocycles. The number of methoxy groups -OCH3 is 1. The van der Waals surface area contributed by atoms with Crippen LogP contribution in [0.1, 0.15) is 34.1 Å². The molecule has 1 amide bonds. The molecule has 1 atom stereocenters. The number of carbonyl (C=O) groups is 2. The molecule has 2 aliphatic rings. The van der Waals surface area contributed by atoms with Crippen LogP contribution in [0, 0.1) is 13.8 Å². The molecule has 228 valence electrons. The third kappa shape index (κ3) is 5.54. The number of pyridine rings is 1. The van der Waals surface area contributed by atoms with Gasteiger partial charge in [-0.2, -0.15) is 0 Å². The first kappa shape index (κ1) is 29.4. The van der Waals surface area contributed by atoms with Crippen LogP contribution in [0.4, 0.5) is 0 Å². The van der Waals surface area contributed by atoms with Gasteiger partial charge in [0.25, 0.3) is 11.7 Å². The van der Waals surface area contributed by atoms with Crippen LogP contribution in [0.5, 0.6) is 11.5 Å². The van der Waals surface area contributed by atoms with E-state index in [9.17, 15) is 14.7 Å². The Kier molecular flexibility index (Phi) is 8.36. The molecule has 10 nitrogen and oxygen atoms in total. The fraction of sp³-hybridized carbons (Fsp3) is 0.324. The number of fused-ring (bicyclic) bond motifs is 1. The number of morpholine rings is 1. The largest absolute Gasteiger partial charge is 0.505 e. The Morgan fingerprint density at radius 3 is 2.50 bits per heavy atom. The van der Waals surface area contributed by atoms with E-state index in [1.807, 2.05) is 73.0 Å². The average Bonchev–Trinajstić information content (AvgIpc) is 3.53. The topological polar surface area (TPSA) is 106 Å². The molecule has 2 saturated heterocycles. The second-order valence-corrected chi connectivity index (χ2v) is 11.1. The maximum Gasteiger partial charge on any atom is 0.295 e. The molecule has 0 bridgehead atoms. The van der Waals surface area contributed by atoms with Gasteiger partial charge in [0.2, 0.25) is 0 Å². The summed E-state index contributed by atoms with van der Waals surface area (Å²) in [6.07, 6.45) is 1.86. The third-order valence-electron chi connectivity index (χ3n) is 8.35. The van der Waals surface area contributed by atoms with Crippen molar-refractivity contribution < 1.29 is 28.9 Å². The first-order valence-electron chi connectivity index (χ1n) is 14.7. The Labute approximate surface area is 256 Å². The van der Waals surface area contributed by atoms with Crippen LogP contribution in [-0.2, 0) is 20.9 Å². The highest BCUT2D eigenvalue weighted by Crippen LogP contribution is 2.42. The lowest BCUT2D eigenvalue weighted by molar-refractivity contribution is -0.140. The number of carbonyl (C=O) groups excluding carboxylic acids is 2. The highest BCUT2D eigenvalue weighted by molar-refractivity contribution is 6.46. The monoisotopic (exact) mass is 596 g/mol. The number of nitrogens with zero attached hydrogens (tertiary/aromatic N) is 4. The lowest BCUT2D eigenvalue weighted by Gasteiger charge is -2.31.